The van der Waals surface area contributed by atoms with Crippen LogP contribution in [0.5, 0.6) is 5.75 Å². The number of aromatic hydroxyl groups is 1. The molecule has 4 heteroatoms. The third kappa shape index (κ3) is 4.78. The van der Waals surface area contributed by atoms with Crippen molar-refractivity contribution in [1.29, 1.82) is 0 Å². The van der Waals surface area contributed by atoms with Crippen molar-refractivity contribution in [2.45, 2.75) is 0 Å². The second-order valence-corrected chi connectivity index (χ2v) is 3.97. The molecule has 0 fully saturated rings. The van der Waals surface area contributed by atoms with E-state index >= 15 is 0 Å². The van der Waals surface area contributed by atoms with Gasteiger partial charge in [-0.15, -0.1) is 0 Å². The van der Waals surface area contributed by atoms with Crippen LogP contribution >= 0.6 is 0 Å². The van der Waals surface area contributed by atoms with Gasteiger partial charge in [0, 0.05) is 5.69 Å². The summed E-state index contributed by atoms with van der Waals surface area (Å²) in [5.74, 6) is 0.323. The molecule has 0 heterocycles. The third-order valence-electron chi connectivity index (χ3n) is 2.60. The van der Waals surface area contributed by atoms with Gasteiger partial charge in [-0.05, 0) is 35.0 Å². The zero-order chi connectivity index (χ0) is 13.5. The minimum atomic E-state index is 0. The molecule has 3 nitrogen and oxygen atoms in total. The Bertz CT molecular complexity index is 671. The van der Waals surface area contributed by atoms with Gasteiger partial charge >= 0.3 is 29.6 Å². The molecule has 0 aromatic heterocycles. The van der Waals surface area contributed by atoms with E-state index in [1.807, 2.05) is 48.5 Å². The van der Waals surface area contributed by atoms with Crippen LogP contribution in [0.3, 0.4) is 0 Å². The molecule has 0 bridgehead atoms. The van der Waals surface area contributed by atoms with Gasteiger partial charge in [-0.1, -0.05) is 48.5 Å². The summed E-state index contributed by atoms with van der Waals surface area (Å²) < 4.78 is 0. The summed E-state index contributed by atoms with van der Waals surface area (Å²) in [4.78, 5) is 0. The van der Waals surface area contributed by atoms with Gasteiger partial charge in [-0.25, -0.2) is 0 Å². The average Bonchev–Trinajstić information content (AvgIpc) is 2.48. The van der Waals surface area contributed by atoms with E-state index < -0.39 is 0 Å². The molecule has 0 unspecified atom stereocenters. The van der Waals surface area contributed by atoms with Crippen molar-refractivity contribution in [1.82, 2.24) is 0 Å². The number of nitrogens with zero attached hydrogens (tertiary/aromatic N) is 2. The summed E-state index contributed by atoms with van der Waals surface area (Å²) in [7, 11) is 0. The molecule has 3 aromatic rings. The van der Waals surface area contributed by atoms with Gasteiger partial charge in [0.2, 0.25) is 0 Å². The van der Waals surface area contributed by atoms with E-state index in [2.05, 4.69) is 5.11 Å². The molecule has 0 amide bonds. The predicted octanol–water partition coefficient (Wildman–Crippen LogP) is 1.89. The minimum absolute atomic E-state index is 0. The fraction of sp³-hybridized carbons (Fsp3) is 0. The van der Waals surface area contributed by atoms with Gasteiger partial charge < -0.3 is 15.8 Å². The normalized spacial score (nSPS) is 9.00. The van der Waals surface area contributed by atoms with Crippen LogP contribution in [0.4, 0.5) is 5.69 Å². The van der Waals surface area contributed by atoms with Crippen molar-refractivity contribution in [3.05, 3.63) is 78.3 Å². The molecular formula is C16H13N2NaO. The quantitative estimate of drug-likeness (QED) is 0.534. The van der Waals surface area contributed by atoms with E-state index in [1.54, 1.807) is 24.3 Å². The Morgan fingerprint density at radius 3 is 1.95 bits per heavy atom. The summed E-state index contributed by atoms with van der Waals surface area (Å²) >= 11 is 0. The molecule has 20 heavy (non-hydrogen) atoms. The van der Waals surface area contributed by atoms with Crippen LogP contribution in [0.1, 0.15) is 0 Å². The molecule has 0 spiro atoms. The summed E-state index contributed by atoms with van der Waals surface area (Å²) in [6.45, 7) is 0. The zero-order valence-electron chi connectivity index (χ0n) is 11.3. The predicted molar refractivity (Wildman–Crippen MR) is 77.5 cm³/mol. The van der Waals surface area contributed by atoms with Crippen LogP contribution in [0, 0.1) is 0 Å². The monoisotopic (exact) mass is 272 g/mol. The third-order valence-corrected chi connectivity index (χ3v) is 2.60. The van der Waals surface area contributed by atoms with Gasteiger partial charge in [-0.3, -0.25) is 0 Å². The number of hydrogen-bond acceptors (Lipinski definition) is 2. The molecule has 0 radical (unpaired) electrons. The van der Waals surface area contributed by atoms with Crippen LogP contribution in [-0.4, -0.2) is 5.11 Å². The number of fused-ring (bicyclic) bond motifs is 1. The van der Waals surface area contributed by atoms with E-state index in [0.717, 1.165) is 10.8 Å². The van der Waals surface area contributed by atoms with E-state index in [4.69, 9.17) is 10.6 Å². The fourth-order valence-electron chi connectivity index (χ4n) is 1.67. The first kappa shape index (κ1) is 16.4. The van der Waals surface area contributed by atoms with Crippen LogP contribution in [0.15, 0.2) is 77.9 Å². The van der Waals surface area contributed by atoms with Gasteiger partial charge in [0.05, 0.1) is 0 Å². The second-order valence-electron chi connectivity index (χ2n) is 3.97. The summed E-state index contributed by atoms with van der Waals surface area (Å²) in [6, 6.07) is 22.3. The van der Waals surface area contributed by atoms with Crippen molar-refractivity contribution in [2.75, 3.05) is 0 Å². The van der Waals surface area contributed by atoms with Crippen LogP contribution < -0.4 is 29.6 Å². The Morgan fingerprint density at radius 2 is 1.35 bits per heavy atom. The SMILES string of the molecule is Oc1ccc2ccccc2c1.[N-]=Nc1ccccc1.[Na+]. The van der Waals surface area contributed by atoms with Gasteiger partial charge in [0.15, 0.2) is 0 Å². The molecule has 94 valence electrons. The van der Waals surface area contributed by atoms with Crippen molar-refractivity contribution < 1.29 is 34.7 Å². The molecule has 0 aliphatic heterocycles. The first-order valence-corrected chi connectivity index (χ1v) is 5.87. The Kier molecular flexibility index (Phi) is 6.94. The Hall–Kier alpha value is -1.68. The summed E-state index contributed by atoms with van der Waals surface area (Å²) in [6.07, 6.45) is 0. The van der Waals surface area contributed by atoms with Crippen molar-refractivity contribution in [2.24, 2.45) is 5.11 Å². The van der Waals surface area contributed by atoms with E-state index in [1.165, 1.54) is 0 Å². The topological polar surface area (TPSA) is 54.9 Å². The maximum atomic E-state index is 9.13. The molecule has 3 aromatic carbocycles. The van der Waals surface area contributed by atoms with Crippen LogP contribution in [0.2, 0.25) is 0 Å². The first-order valence-electron chi connectivity index (χ1n) is 5.87. The van der Waals surface area contributed by atoms with Gasteiger partial charge in [-0.2, -0.15) is 0 Å². The van der Waals surface area contributed by atoms with Crippen LogP contribution in [-0.2, 0) is 0 Å². The number of phenols is 1. The minimum Gasteiger partial charge on any atom is -0.706 e. The zero-order valence-corrected chi connectivity index (χ0v) is 13.3. The van der Waals surface area contributed by atoms with Crippen molar-refractivity contribution in [3.8, 4) is 5.75 Å². The molecule has 1 N–H and O–H groups in total. The largest absolute Gasteiger partial charge is 1.00 e. The fourth-order valence-corrected chi connectivity index (χ4v) is 1.67. The molecule has 0 saturated heterocycles. The van der Waals surface area contributed by atoms with Crippen molar-refractivity contribution >= 4 is 16.5 Å². The Labute approximate surface area is 140 Å². The average molecular weight is 272 g/mol. The molecule has 0 aliphatic rings. The van der Waals surface area contributed by atoms with E-state index in [0.29, 0.717) is 11.4 Å². The molecule has 0 saturated carbocycles. The molecule has 0 atom stereocenters. The smallest absolute Gasteiger partial charge is 0.706 e. The number of rotatable bonds is 1. The number of phenolic OH excluding ortho intramolecular Hbond substituents is 1. The first-order chi connectivity index (χ1) is 9.29. The summed E-state index contributed by atoms with van der Waals surface area (Å²) in [5.41, 5.74) is 8.75. The Balaban J connectivity index is 0.000000200. The Morgan fingerprint density at radius 1 is 0.750 bits per heavy atom. The second kappa shape index (κ2) is 8.48. The van der Waals surface area contributed by atoms with Gasteiger partial charge in [0.25, 0.3) is 0 Å². The maximum absolute atomic E-state index is 9.13. The number of hydrogen-bond donors (Lipinski definition) is 1. The molecular weight excluding hydrogens is 259 g/mol. The molecule has 3 rings (SSSR count). The van der Waals surface area contributed by atoms with E-state index in [-0.39, 0.29) is 29.6 Å². The number of benzene rings is 3. The van der Waals surface area contributed by atoms with Crippen molar-refractivity contribution in [3.63, 3.8) is 0 Å². The summed E-state index contributed by atoms with van der Waals surface area (Å²) in [5, 5.41) is 14.3. The maximum Gasteiger partial charge on any atom is 1.00 e. The standard InChI is InChI=1S/C10H8O.C6H5N2.Na/c11-10-6-5-8-3-1-2-4-9(8)7-10;7-8-6-4-2-1-3-5-6;/h1-7,11H;1-5H;/q;-1;+1. The van der Waals surface area contributed by atoms with E-state index in [9.17, 15) is 0 Å². The van der Waals surface area contributed by atoms with Crippen LogP contribution in [0.25, 0.3) is 16.3 Å². The molecule has 0 aliphatic carbocycles. The van der Waals surface area contributed by atoms with Gasteiger partial charge in [0.1, 0.15) is 5.75 Å².